The zero-order valence-electron chi connectivity index (χ0n) is 11.4. The number of oxime groups is 1. The summed E-state index contributed by atoms with van der Waals surface area (Å²) >= 11 is 0. The van der Waals surface area contributed by atoms with E-state index in [1.54, 1.807) is 35.1 Å². The normalized spacial score (nSPS) is 12.9. The van der Waals surface area contributed by atoms with Gasteiger partial charge in [-0.3, -0.25) is 9.48 Å². The first-order chi connectivity index (χ1) is 10.2. The maximum atomic E-state index is 12.3. The predicted molar refractivity (Wildman–Crippen MR) is 77.8 cm³/mol. The Morgan fingerprint density at radius 3 is 2.76 bits per heavy atom. The summed E-state index contributed by atoms with van der Waals surface area (Å²) in [5, 5.41) is 18.6. The van der Waals surface area contributed by atoms with Crippen molar-refractivity contribution in [2.75, 3.05) is 6.54 Å². The molecule has 0 bridgehead atoms. The van der Waals surface area contributed by atoms with Crippen LogP contribution in [-0.4, -0.2) is 33.3 Å². The third kappa shape index (κ3) is 3.82. The Morgan fingerprint density at radius 2 is 2.14 bits per heavy atom. The van der Waals surface area contributed by atoms with E-state index in [4.69, 9.17) is 10.9 Å². The molecule has 0 aliphatic rings. The van der Waals surface area contributed by atoms with Crippen LogP contribution < -0.4 is 11.1 Å². The largest absolute Gasteiger partial charge is 0.409 e. The topological polar surface area (TPSA) is 106 Å². The summed E-state index contributed by atoms with van der Waals surface area (Å²) in [4.78, 5) is 12.3. The first kappa shape index (κ1) is 14.6. The summed E-state index contributed by atoms with van der Waals surface area (Å²) in [7, 11) is 0. The Morgan fingerprint density at radius 1 is 1.38 bits per heavy atom. The van der Waals surface area contributed by atoms with E-state index in [-0.39, 0.29) is 11.7 Å². The Balaban J connectivity index is 2.01. The molecule has 1 heterocycles. The van der Waals surface area contributed by atoms with Gasteiger partial charge in [-0.15, -0.1) is 0 Å². The molecule has 7 heteroatoms. The second kappa shape index (κ2) is 7.09. The van der Waals surface area contributed by atoms with Crippen molar-refractivity contribution in [3.63, 3.8) is 0 Å². The molecule has 110 valence electrons. The summed E-state index contributed by atoms with van der Waals surface area (Å²) in [6.45, 7) is 0.957. The zero-order valence-corrected chi connectivity index (χ0v) is 11.4. The van der Waals surface area contributed by atoms with E-state index < -0.39 is 5.92 Å². The number of aromatic nitrogens is 2. The first-order valence-corrected chi connectivity index (χ1v) is 6.50. The molecule has 2 rings (SSSR count). The Kier molecular flexibility index (Phi) is 4.92. The standard InChI is InChI=1S/C14H17N5O2/c15-13(18-21)12(11-5-2-1-3-6-11)14(20)16-8-10-19-9-4-7-17-19/h1-7,9,12,21H,8,10H2,(H2,15,18)(H,16,20). The fourth-order valence-corrected chi connectivity index (χ4v) is 1.99. The quantitative estimate of drug-likeness (QED) is 0.312. The summed E-state index contributed by atoms with van der Waals surface area (Å²) < 4.78 is 1.71. The smallest absolute Gasteiger partial charge is 0.235 e. The van der Waals surface area contributed by atoms with E-state index in [0.29, 0.717) is 18.7 Å². The van der Waals surface area contributed by atoms with Gasteiger partial charge in [-0.1, -0.05) is 35.5 Å². The van der Waals surface area contributed by atoms with Crippen molar-refractivity contribution >= 4 is 11.7 Å². The summed E-state index contributed by atoms with van der Waals surface area (Å²) in [6, 6.07) is 10.8. The number of carbonyl (C=O) groups is 1. The number of amides is 1. The monoisotopic (exact) mass is 287 g/mol. The maximum Gasteiger partial charge on any atom is 0.235 e. The Bertz CT molecular complexity index is 595. The molecule has 1 atom stereocenters. The lowest BCUT2D eigenvalue weighted by Gasteiger charge is -2.15. The number of nitrogens with one attached hydrogen (secondary N) is 1. The van der Waals surface area contributed by atoms with Gasteiger partial charge in [-0.25, -0.2) is 0 Å². The number of rotatable bonds is 6. The lowest BCUT2D eigenvalue weighted by molar-refractivity contribution is -0.121. The number of amidine groups is 1. The molecule has 1 unspecified atom stereocenters. The Hall–Kier alpha value is -2.83. The van der Waals surface area contributed by atoms with Gasteiger partial charge in [-0.05, 0) is 11.6 Å². The molecule has 21 heavy (non-hydrogen) atoms. The summed E-state index contributed by atoms with van der Waals surface area (Å²) in [6.07, 6.45) is 3.48. The minimum absolute atomic E-state index is 0.141. The zero-order chi connectivity index (χ0) is 15.1. The highest BCUT2D eigenvalue weighted by atomic mass is 16.4. The van der Waals surface area contributed by atoms with Gasteiger partial charge in [0.05, 0.1) is 6.54 Å². The van der Waals surface area contributed by atoms with Gasteiger partial charge in [0.1, 0.15) is 5.92 Å². The van der Waals surface area contributed by atoms with Crippen LogP contribution in [-0.2, 0) is 11.3 Å². The number of nitrogens with zero attached hydrogens (tertiary/aromatic N) is 3. The highest BCUT2D eigenvalue weighted by Crippen LogP contribution is 2.15. The van der Waals surface area contributed by atoms with Crippen LogP contribution >= 0.6 is 0 Å². The molecule has 0 aliphatic heterocycles. The Labute approximate surface area is 122 Å². The van der Waals surface area contributed by atoms with Crippen LogP contribution in [0.3, 0.4) is 0 Å². The fraction of sp³-hybridized carbons (Fsp3) is 0.214. The van der Waals surface area contributed by atoms with Crippen molar-refractivity contribution in [1.29, 1.82) is 0 Å². The molecule has 0 spiro atoms. The fourth-order valence-electron chi connectivity index (χ4n) is 1.99. The van der Waals surface area contributed by atoms with E-state index in [1.165, 1.54) is 0 Å². The number of benzene rings is 1. The van der Waals surface area contributed by atoms with Gasteiger partial charge in [0, 0.05) is 18.9 Å². The van der Waals surface area contributed by atoms with Crippen LogP contribution in [0.5, 0.6) is 0 Å². The van der Waals surface area contributed by atoms with Crippen molar-refractivity contribution in [3.05, 3.63) is 54.4 Å². The molecular formula is C14H17N5O2. The van der Waals surface area contributed by atoms with Gasteiger partial charge in [0.15, 0.2) is 5.84 Å². The number of carbonyl (C=O) groups excluding carboxylic acids is 1. The van der Waals surface area contributed by atoms with Crippen LogP contribution in [0.1, 0.15) is 11.5 Å². The average Bonchev–Trinajstić information content (AvgIpc) is 3.01. The molecule has 0 saturated carbocycles. The highest BCUT2D eigenvalue weighted by Gasteiger charge is 2.24. The highest BCUT2D eigenvalue weighted by molar-refractivity contribution is 6.07. The van der Waals surface area contributed by atoms with E-state index >= 15 is 0 Å². The molecule has 2 aromatic rings. The van der Waals surface area contributed by atoms with E-state index in [2.05, 4.69) is 15.6 Å². The lowest BCUT2D eigenvalue weighted by Crippen LogP contribution is -2.38. The SMILES string of the molecule is NC(=NO)C(C(=O)NCCn1cccn1)c1ccccc1. The predicted octanol–water partition coefficient (Wildman–Crippen LogP) is 0.530. The van der Waals surface area contributed by atoms with E-state index in [0.717, 1.165) is 0 Å². The molecule has 0 saturated heterocycles. The maximum absolute atomic E-state index is 12.3. The lowest BCUT2D eigenvalue weighted by atomic mass is 9.97. The van der Waals surface area contributed by atoms with Gasteiger partial charge < -0.3 is 16.3 Å². The molecule has 1 aromatic carbocycles. The van der Waals surface area contributed by atoms with Gasteiger partial charge in [0.25, 0.3) is 0 Å². The number of nitrogens with two attached hydrogens (primary N) is 1. The van der Waals surface area contributed by atoms with E-state index in [9.17, 15) is 4.79 Å². The number of hydrogen-bond donors (Lipinski definition) is 3. The van der Waals surface area contributed by atoms with Crippen molar-refractivity contribution in [2.24, 2.45) is 10.9 Å². The third-order valence-electron chi connectivity index (χ3n) is 3.01. The van der Waals surface area contributed by atoms with Gasteiger partial charge in [0.2, 0.25) is 5.91 Å². The van der Waals surface area contributed by atoms with Crippen molar-refractivity contribution < 1.29 is 10.0 Å². The summed E-state index contributed by atoms with van der Waals surface area (Å²) in [5.41, 5.74) is 6.31. The second-order valence-electron chi connectivity index (χ2n) is 4.43. The molecule has 1 amide bonds. The van der Waals surface area contributed by atoms with Gasteiger partial charge >= 0.3 is 0 Å². The van der Waals surface area contributed by atoms with Crippen molar-refractivity contribution in [3.8, 4) is 0 Å². The van der Waals surface area contributed by atoms with Gasteiger partial charge in [-0.2, -0.15) is 5.10 Å². The molecule has 0 aliphatic carbocycles. The second-order valence-corrected chi connectivity index (χ2v) is 4.43. The van der Waals surface area contributed by atoms with Crippen LogP contribution in [0.4, 0.5) is 0 Å². The molecule has 4 N–H and O–H groups in total. The number of hydrogen-bond acceptors (Lipinski definition) is 4. The van der Waals surface area contributed by atoms with Crippen LogP contribution in [0, 0.1) is 0 Å². The van der Waals surface area contributed by atoms with E-state index in [1.807, 2.05) is 18.3 Å². The average molecular weight is 287 g/mol. The van der Waals surface area contributed by atoms with Crippen LogP contribution in [0.25, 0.3) is 0 Å². The minimum atomic E-state index is -0.811. The molecule has 1 aromatic heterocycles. The third-order valence-corrected chi connectivity index (χ3v) is 3.01. The first-order valence-electron chi connectivity index (χ1n) is 6.50. The molecule has 0 fully saturated rings. The molecule has 7 nitrogen and oxygen atoms in total. The van der Waals surface area contributed by atoms with Crippen LogP contribution in [0.15, 0.2) is 53.9 Å². The van der Waals surface area contributed by atoms with Crippen molar-refractivity contribution in [1.82, 2.24) is 15.1 Å². The van der Waals surface area contributed by atoms with Crippen molar-refractivity contribution in [2.45, 2.75) is 12.5 Å². The minimum Gasteiger partial charge on any atom is -0.409 e. The molecular weight excluding hydrogens is 270 g/mol. The summed E-state index contributed by atoms with van der Waals surface area (Å²) in [5.74, 6) is -1.27. The van der Waals surface area contributed by atoms with Crippen LogP contribution in [0.2, 0.25) is 0 Å². The molecule has 0 radical (unpaired) electrons.